The van der Waals surface area contributed by atoms with Gasteiger partial charge in [0.25, 0.3) is 0 Å². The Morgan fingerprint density at radius 1 is 1.22 bits per heavy atom. The molecule has 144 valence electrons. The fourth-order valence-electron chi connectivity index (χ4n) is 3.38. The molecule has 0 aliphatic heterocycles. The summed E-state index contributed by atoms with van der Waals surface area (Å²) < 4.78 is 18.3. The molecule has 1 saturated carbocycles. The molecular formula is C23H28FNO2. The van der Waals surface area contributed by atoms with Crippen molar-refractivity contribution in [1.29, 1.82) is 5.26 Å². The zero-order valence-electron chi connectivity index (χ0n) is 16.0. The highest BCUT2D eigenvalue weighted by atomic mass is 19.1. The second-order valence-electron chi connectivity index (χ2n) is 7.15. The van der Waals surface area contributed by atoms with Crippen molar-refractivity contribution < 1.29 is 13.9 Å². The fraction of sp³-hybridized carbons (Fsp3) is 0.478. The fourth-order valence-corrected chi connectivity index (χ4v) is 3.38. The van der Waals surface area contributed by atoms with Gasteiger partial charge in [-0.05, 0) is 68.2 Å². The minimum atomic E-state index is -0.792. The molecule has 2 rings (SSSR count). The molecule has 0 aromatic heterocycles. The monoisotopic (exact) mass is 369 g/mol. The first kappa shape index (κ1) is 20.9. The first-order chi connectivity index (χ1) is 13.1. The van der Waals surface area contributed by atoms with Crippen LogP contribution in [0.3, 0.4) is 0 Å². The van der Waals surface area contributed by atoms with E-state index in [1.54, 1.807) is 6.08 Å². The number of nitriles is 1. The van der Waals surface area contributed by atoms with Gasteiger partial charge in [-0.15, -0.1) is 0 Å². The van der Waals surface area contributed by atoms with E-state index in [-0.39, 0.29) is 11.9 Å². The molecule has 1 fully saturated rings. The largest absolute Gasteiger partial charge is 0.426 e. The number of rotatable bonds is 8. The molecule has 27 heavy (non-hydrogen) atoms. The number of hydrogen-bond acceptors (Lipinski definition) is 3. The minimum absolute atomic E-state index is 0.0785. The van der Waals surface area contributed by atoms with E-state index in [9.17, 15) is 9.18 Å². The zero-order chi connectivity index (χ0) is 19.5. The topological polar surface area (TPSA) is 50.1 Å². The summed E-state index contributed by atoms with van der Waals surface area (Å²) in [4.78, 5) is 12.4. The number of allylic oxidation sites excluding steroid dienone is 4. The Balaban J connectivity index is 1.76. The Morgan fingerprint density at radius 2 is 1.93 bits per heavy atom. The number of benzene rings is 1. The number of unbranched alkanes of at least 4 members (excludes halogenated alkanes) is 2. The van der Waals surface area contributed by atoms with E-state index >= 15 is 0 Å². The molecule has 1 aromatic rings. The number of hydrogen-bond donors (Lipinski definition) is 0. The summed E-state index contributed by atoms with van der Waals surface area (Å²) in [5.41, 5.74) is 1.28. The van der Waals surface area contributed by atoms with Gasteiger partial charge in [0, 0.05) is 0 Å². The molecule has 0 spiro atoms. The highest BCUT2D eigenvalue weighted by Gasteiger charge is 2.26. The van der Waals surface area contributed by atoms with Gasteiger partial charge in [0.1, 0.15) is 11.8 Å². The third kappa shape index (κ3) is 7.38. The quantitative estimate of drug-likeness (QED) is 0.184. The Hall–Kier alpha value is -2.41. The standard InChI is InChI=1S/C23H28FNO2/c1-2-3-4-6-18-11-15-22(16-12-18)27-23(26)20-13-9-19(10-14-20)7-5-8-21(24)17-25/h5,7-8,11-12,15-16,19-20H,2-4,6,9-10,13-14H2,1H3. The second-order valence-corrected chi connectivity index (χ2v) is 7.15. The molecule has 0 saturated heterocycles. The van der Waals surface area contributed by atoms with Gasteiger partial charge in [-0.2, -0.15) is 9.65 Å². The molecule has 0 N–H and O–H groups in total. The Labute approximate surface area is 161 Å². The number of carbonyl (C=O) groups excluding carboxylic acids is 1. The van der Waals surface area contributed by atoms with Crippen LogP contribution in [0.5, 0.6) is 5.75 Å². The van der Waals surface area contributed by atoms with Gasteiger partial charge in [-0.3, -0.25) is 4.79 Å². The van der Waals surface area contributed by atoms with Crippen molar-refractivity contribution in [2.45, 2.75) is 58.3 Å². The third-order valence-electron chi connectivity index (χ3n) is 5.05. The van der Waals surface area contributed by atoms with Crippen molar-refractivity contribution in [2.24, 2.45) is 11.8 Å². The zero-order valence-corrected chi connectivity index (χ0v) is 16.0. The molecule has 4 heteroatoms. The lowest BCUT2D eigenvalue weighted by molar-refractivity contribution is -0.140. The molecule has 1 aromatic carbocycles. The smallest absolute Gasteiger partial charge is 0.314 e. The number of carbonyl (C=O) groups is 1. The predicted molar refractivity (Wildman–Crippen MR) is 105 cm³/mol. The summed E-state index contributed by atoms with van der Waals surface area (Å²) in [6, 6.07) is 9.27. The van der Waals surface area contributed by atoms with Crippen LogP contribution in [-0.2, 0) is 11.2 Å². The van der Waals surface area contributed by atoms with E-state index < -0.39 is 5.83 Å². The van der Waals surface area contributed by atoms with Crippen LogP contribution in [0, 0.1) is 23.2 Å². The second kappa shape index (κ2) is 11.3. The van der Waals surface area contributed by atoms with Crippen LogP contribution in [0.15, 0.2) is 48.3 Å². The van der Waals surface area contributed by atoms with Gasteiger partial charge in [0.2, 0.25) is 0 Å². The average Bonchev–Trinajstić information content (AvgIpc) is 2.70. The predicted octanol–water partition coefficient (Wildman–Crippen LogP) is 6.06. The van der Waals surface area contributed by atoms with Crippen LogP contribution < -0.4 is 4.74 Å². The van der Waals surface area contributed by atoms with Crippen LogP contribution >= 0.6 is 0 Å². The van der Waals surface area contributed by atoms with Crippen molar-refractivity contribution in [3.63, 3.8) is 0 Å². The molecular weight excluding hydrogens is 341 g/mol. The van der Waals surface area contributed by atoms with E-state index in [2.05, 4.69) is 6.92 Å². The van der Waals surface area contributed by atoms with Crippen LogP contribution in [0.25, 0.3) is 0 Å². The summed E-state index contributed by atoms with van der Waals surface area (Å²) in [5.74, 6) is -0.102. The molecule has 0 atom stereocenters. The number of ether oxygens (including phenoxy) is 1. The molecule has 0 amide bonds. The van der Waals surface area contributed by atoms with Crippen LogP contribution in [0.2, 0.25) is 0 Å². The van der Waals surface area contributed by atoms with Crippen LogP contribution in [-0.4, -0.2) is 5.97 Å². The van der Waals surface area contributed by atoms with Crippen molar-refractivity contribution in [3.05, 3.63) is 53.9 Å². The average molecular weight is 369 g/mol. The normalized spacial score (nSPS) is 20.4. The number of aryl methyl sites for hydroxylation is 1. The Bertz CT molecular complexity index is 692. The summed E-state index contributed by atoms with van der Waals surface area (Å²) in [5, 5.41) is 8.37. The van der Waals surface area contributed by atoms with E-state index in [4.69, 9.17) is 10.00 Å². The SMILES string of the molecule is CCCCCc1ccc(OC(=O)C2CCC(C=CC=C(F)C#N)CC2)cc1. The van der Waals surface area contributed by atoms with Gasteiger partial charge < -0.3 is 4.74 Å². The van der Waals surface area contributed by atoms with Gasteiger partial charge >= 0.3 is 5.97 Å². The molecule has 1 aliphatic carbocycles. The van der Waals surface area contributed by atoms with Crippen molar-refractivity contribution in [1.82, 2.24) is 0 Å². The van der Waals surface area contributed by atoms with E-state index in [0.29, 0.717) is 11.7 Å². The van der Waals surface area contributed by atoms with Crippen LogP contribution in [0.1, 0.15) is 57.4 Å². The van der Waals surface area contributed by atoms with E-state index in [1.165, 1.54) is 37.0 Å². The van der Waals surface area contributed by atoms with Gasteiger partial charge in [0.05, 0.1) is 5.92 Å². The van der Waals surface area contributed by atoms with Crippen LogP contribution in [0.4, 0.5) is 4.39 Å². The molecule has 0 radical (unpaired) electrons. The van der Waals surface area contributed by atoms with Gasteiger partial charge in [-0.25, -0.2) is 0 Å². The minimum Gasteiger partial charge on any atom is -0.426 e. The summed E-state index contributed by atoms with van der Waals surface area (Å²) in [6.45, 7) is 2.19. The highest BCUT2D eigenvalue weighted by Crippen LogP contribution is 2.31. The maximum atomic E-state index is 12.8. The number of nitrogens with zero attached hydrogens (tertiary/aromatic N) is 1. The van der Waals surface area contributed by atoms with Gasteiger partial charge in [0.15, 0.2) is 5.83 Å². The first-order valence-electron chi connectivity index (χ1n) is 9.87. The van der Waals surface area contributed by atoms with Crippen molar-refractivity contribution >= 4 is 5.97 Å². The maximum Gasteiger partial charge on any atom is 0.314 e. The summed E-state index contributed by atoms with van der Waals surface area (Å²) >= 11 is 0. The van der Waals surface area contributed by atoms with E-state index in [0.717, 1.165) is 32.1 Å². The molecule has 0 bridgehead atoms. The number of esters is 1. The molecule has 0 unspecified atom stereocenters. The van der Waals surface area contributed by atoms with Crippen molar-refractivity contribution in [3.8, 4) is 11.8 Å². The first-order valence-corrected chi connectivity index (χ1v) is 9.87. The maximum absolute atomic E-state index is 12.8. The summed E-state index contributed by atoms with van der Waals surface area (Å²) in [7, 11) is 0. The lowest BCUT2D eigenvalue weighted by Gasteiger charge is -2.25. The molecule has 3 nitrogen and oxygen atoms in total. The third-order valence-corrected chi connectivity index (χ3v) is 5.05. The summed E-state index contributed by atoms with van der Waals surface area (Å²) in [6.07, 6.45) is 12.6. The molecule has 1 aliphatic rings. The Morgan fingerprint density at radius 3 is 2.56 bits per heavy atom. The highest BCUT2D eigenvalue weighted by molar-refractivity contribution is 5.75. The Kier molecular flexibility index (Phi) is 8.77. The lowest BCUT2D eigenvalue weighted by atomic mass is 9.82. The number of halogens is 1. The van der Waals surface area contributed by atoms with E-state index in [1.807, 2.05) is 30.3 Å². The lowest BCUT2D eigenvalue weighted by Crippen LogP contribution is -2.25. The van der Waals surface area contributed by atoms with Gasteiger partial charge in [-0.1, -0.05) is 44.1 Å². The van der Waals surface area contributed by atoms with Crippen molar-refractivity contribution in [2.75, 3.05) is 0 Å². The molecule has 0 heterocycles.